The van der Waals surface area contributed by atoms with Gasteiger partial charge in [0, 0.05) is 0 Å². The van der Waals surface area contributed by atoms with Crippen molar-refractivity contribution in [3.8, 4) is 0 Å². The standard InChI is InChI=1S/C13H22N4O3/c1-3-4-5-17(8-12(14)18)7-10-6-11(9(2)20-10)13(19)16-15/h6H,3-5,7-8,15H2,1-2H3,(H2,14,18)(H,16,19). The van der Waals surface area contributed by atoms with Gasteiger partial charge in [0.05, 0.1) is 18.7 Å². The molecule has 0 aliphatic rings. The summed E-state index contributed by atoms with van der Waals surface area (Å²) in [5, 5.41) is 0. The van der Waals surface area contributed by atoms with Gasteiger partial charge in [-0.1, -0.05) is 13.3 Å². The fourth-order valence-electron chi connectivity index (χ4n) is 1.96. The molecule has 0 atom stereocenters. The van der Waals surface area contributed by atoms with E-state index < -0.39 is 5.91 Å². The zero-order valence-corrected chi connectivity index (χ0v) is 11.9. The minimum absolute atomic E-state index is 0.165. The van der Waals surface area contributed by atoms with Crippen LogP contribution in [0.2, 0.25) is 0 Å². The molecule has 0 saturated carbocycles. The highest BCUT2D eigenvalue weighted by molar-refractivity contribution is 5.94. The summed E-state index contributed by atoms with van der Waals surface area (Å²) in [5.74, 6) is 5.43. The van der Waals surface area contributed by atoms with Crippen molar-refractivity contribution >= 4 is 11.8 Å². The first-order valence-electron chi connectivity index (χ1n) is 6.58. The zero-order chi connectivity index (χ0) is 15.1. The third kappa shape index (κ3) is 4.67. The Bertz CT molecular complexity index is 470. The maximum absolute atomic E-state index is 11.5. The fourth-order valence-corrected chi connectivity index (χ4v) is 1.96. The van der Waals surface area contributed by atoms with E-state index in [2.05, 4.69) is 12.3 Å². The molecular formula is C13H22N4O3. The number of hydrazine groups is 1. The molecule has 112 valence electrons. The van der Waals surface area contributed by atoms with Crippen LogP contribution in [0, 0.1) is 6.92 Å². The number of hydrogen-bond acceptors (Lipinski definition) is 5. The van der Waals surface area contributed by atoms with Gasteiger partial charge >= 0.3 is 0 Å². The predicted molar refractivity (Wildman–Crippen MR) is 74.5 cm³/mol. The molecule has 0 aliphatic heterocycles. The number of nitrogens with one attached hydrogen (secondary N) is 1. The van der Waals surface area contributed by atoms with Gasteiger partial charge in [0.15, 0.2) is 0 Å². The van der Waals surface area contributed by atoms with Crippen molar-refractivity contribution in [2.24, 2.45) is 11.6 Å². The van der Waals surface area contributed by atoms with Gasteiger partial charge in [0.25, 0.3) is 5.91 Å². The van der Waals surface area contributed by atoms with Crippen LogP contribution in [0.4, 0.5) is 0 Å². The van der Waals surface area contributed by atoms with Gasteiger partial charge < -0.3 is 10.2 Å². The SMILES string of the molecule is CCCCN(CC(N)=O)Cc1cc(C(=O)NN)c(C)o1. The van der Waals surface area contributed by atoms with Crippen LogP contribution in [0.3, 0.4) is 0 Å². The van der Waals surface area contributed by atoms with Crippen LogP contribution >= 0.6 is 0 Å². The van der Waals surface area contributed by atoms with Gasteiger partial charge in [-0.15, -0.1) is 0 Å². The number of unbranched alkanes of at least 4 members (excludes halogenated alkanes) is 1. The Balaban J connectivity index is 2.77. The summed E-state index contributed by atoms with van der Waals surface area (Å²) in [6, 6.07) is 1.64. The van der Waals surface area contributed by atoms with Gasteiger partial charge in [0.1, 0.15) is 11.5 Å². The number of nitrogens with two attached hydrogens (primary N) is 2. The normalized spacial score (nSPS) is 10.8. The Morgan fingerprint density at radius 3 is 2.70 bits per heavy atom. The third-order valence-corrected chi connectivity index (χ3v) is 2.93. The first-order chi connectivity index (χ1) is 9.47. The van der Waals surface area contributed by atoms with Crippen molar-refractivity contribution in [1.29, 1.82) is 0 Å². The molecule has 7 heteroatoms. The molecule has 7 nitrogen and oxygen atoms in total. The van der Waals surface area contributed by atoms with Crippen LogP contribution in [0.1, 0.15) is 41.6 Å². The molecule has 1 heterocycles. The topological polar surface area (TPSA) is 115 Å². The van der Waals surface area contributed by atoms with Gasteiger partial charge in [-0.3, -0.25) is 19.9 Å². The number of primary amides is 1. The number of hydrogen-bond donors (Lipinski definition) is 3. The number of amides is 2. The van der Waals surface area contributed by atoms with Gasteiger partial charge in [-0.25, -0.2) is 5.84 Å². The molecule has 1 aromatic heterocycles. The highest BCUT2D eigenvalue weighted by Gasteiger charge is 2.16. The van der Waals surface area contributed by atoms with Crippen LogP contribution in [0.25, 0.3) is 0 Å². The lowest BCUT2D eigenvalue weighted by Gasteiger charge is -2.18. The minimum Gasteiger partial charge on any atom is -0.464 e. The Labute approximate surface area is 118 Å². The molecule has 0 saturated heterocycles. The van der Waals surface area contributed by atoms with Crippen LogP contribution in [-0.4, -0.2) is 29.8 Å². The van der Waals surface area contributed by atoms with E-state index in [0.29, 0.717) is 23.6 Å². The summed E-state index contributed by atoms with van der Waals surface area (Å²) in [6.07, 6.45) is 1.98. The number of furan rings is 1. The molecule has 0 aliphatic carbocycles. The van der Waals surface area contributed by atoms with Crippen molar-refractivity contribution < 1.29 is 14.0 Å². The molecule has 1 aromatic rings. The maximum Gasteiger partial charge on any atom is 0.268 e. The molecule has 5 N–H and O–H groups in total. The number of rotatable bonds is 8. The van der Waals surface area contributed by atoms with Gasteiger partial charge in [-0.05, 0) is 26.0 Å². The van der Waals surface area contributed by atoms with Gasteiger partial charge in [0.2, 0.25) is 5.91 Å². The Morgan fingerprint density at radius 1 is 1.45 bits per heavy atom. The second-order valence-corrected chi connectivity index (χ2v) is 4.69. The van der Waals surface area contributed by atoms with E-state index in [4.69, 9.17) is 16.0 Å². The quantitative estimate of drug-likeness (QED) is 0.360. The van der Waals surface area contributed by atoms with E-state index in [0.717, 1.165) is 19.4 Å². The minimum atomic E-state index is -0.396. The number of carbonyl (C=O) groups excluding carboxylic acids is 2. The van der Waals surface area contributed by atoms with Crippen molar-refractivity contribution in [2.45, 2.75) is 33.2 Å². The molecule has 0 spiro atoms. The lowest BCUT2D eigenvalue weighted by molar-refractivity contribution is -0.119. The largest absolute Gasteiger partial charge is 0.464 e. The van der Waals surface area contributed by atoms with Crippen molar-refractivity contribution in [2.75, 3.05) is 13.1 Å². The first kappa shape index (κ1) is 16.2. The summed E-state index contributed by atoms with van der Waals surface area (Å²) in [4.78, 5) is 24.5. The van der Waals surface area contributed by atoms with Gasteiger partial charge in [-0.2, -0.15) is 0 Å². The predicted octanol–water partition coefficient (Wildman–Crippen LogP) is 0.279. The van der Waals surface area contributed by atoms with E-state index in [1.807, 2.05) is 4.90 Å². The van der Waals surface area contributed by atoms with Crippen molar-refractivity contribution in [1.82, 2.24) is 10.3 Å². The van der Waals surface area contributed by atoms with E-state index >= 15 is 0 Å². The van der Waals surface area contributed by atoms with Crippen LogP contribution in [-0.2, 0) is 11.3 Å². The Kier molecular flexibility index (Phi) is 6.20. The molecule has 0 aromatic carbocycles. The van der Waals surface area contributed by atoms with E-state index in [1.165, 1.54) is 0 Å². The molecular weight excluding hydrogens is 260 g/mol. The summed E-state index contributed by atoms with van der Waals surface area (Å²) >= 11 is 0. The summed E-state index contributed by atoms with van der Waals surface area (Å²) in [6.45, 7) is 5.11. The van der Waals surface area contributed by atoms with E-state index in [-0.39, 0.29) is 12.5 Å². The average Bonchev–Trinajstić information content (AvgIpc) is 2.75. The second kappa shape index (κ2) is 7.66. The number of nitrogens with zero attached hydrogens (tertiary/aromatic N) is 1. The highest BCUT2D eigenvalue weighted by Crippen LogP contribution is 2.16. The smallest absolute Gasteiger partial charge is 0.268 e. The van der Waals surface area contributed by atoms with Crippen molar-refractivity contribution in [3.63, 3.8) is 0 Å². The fraction of sp³-hybridized carbons (Fsp3) is 0.538. The second-order valence-electron chi connectivity index (χ2n) is 4.69. The molecule has 20 heavy (non-hydrogen) atoms. The van der Waals surface area contributed by atoms with Crippen LogP contribution in [0.15, 0.2) is 10.5 Å². The van der Waals surface area contributed by atoms with E-state index in [1.54, 1.807) is 13.0 Å². The summed E-state index contributed by atoms with van der Waals surface area (Å²) in [5.41, 5.74) is 7.70. The average molecular weight is 282 g/mol. The monoisotopic (exact) mass is 282 g/mol. The Hall–Kier alpha value is -1.86. The Morgan fingerprint density at radius 2 is 2.15 bits per heavy atom. The van der Waals surface area contributed by atoms with Crippen LogP contribution in [0.5, 0.6) is 0 Å². The van der Waals surface area contributed by atoms with E-state index in [9.17, 15) is 9.59 Å². The summed E-state index contributed by atoms with van der Waals surface area (Å²) in [7, 11) is 0. The number of nitrogen functional groups attached to an aromatic ring is 1. The lowest BCUT2D eigenvalue weighted by Crippen LogP contribution is -2.34. The highest BCUT2D eigenvalue weighted by atomic mass is 16.3. The summed E-state index contributed by atoms with van der Waals surface area (Å²) < 4.78 is 5.52. The maximum atomic E-state index is 11.5. The van der Waals surface area contributed by atoms with Crippen molar-refractivity contribution in [3.05, 3.63) is 23.2 Å². The number of aryl methyl sites for hydroxylation is 1. The molecule has 0 radical (unpaired) electrons. The third-order valence-electron chi connectivity index (χ3n) is 2.93. The molecule has 2 amide bonds. The molecule has 0 unspecified atom stereocenters. The van der Waals surface area contributed by atoms with Crippen LogP contribution < -0.4 is 17.0 Å². The first-order valence-corrected chi connectivity index (χ1v) is 6.58. The lowest BCUT2D eigenvalue weighted by atomic mass is 10.2. The number of carbonyl (C=O) groups is 2. The molecule has 0 bridgehead atoms. The molecule has 0 fully saturated rings. The zero-order valence-electron chi connectivity index (χ0n) is 11.9. The molecule has 1 rings (SSSR count).